The molecule has 0 atom stereocenters. The highest BCUT2D eigenvalue weighted by Crippen LogP contribution is 2.32. The molecular weight excluding hydrogens is 316 g/mol. The molecule has 0 bridgehead atoms. The highest BCUT2D eigenvalue weighted by atomic mass is 19.3. The number of nitrogens with zero attached hydrogens (tertiary/aromatic N) is 3. The van der Waals surface area contributed by atoms with Crippen LogP contribution >= 0.6 is 0 Å². The van der Waals surface area contributed by atoms with Crippen LogP contribution in [0.4, 0.5) is 14.5 Å². The van der Waals surface area contributed by atoms with Gasteiger partial charge in [0.1, 0.15) is 0 Å². The number of aromatic nitrogens is 1. The molecule has 0 aromatic carbocycles. The number of aliphatic hydroxyl groups is 1. The second-order valence-corrected chi connectivity index (χ2v) is 6.03. The summed E-state index contributed by atoms with van der Waals surface area (Å²) in [5.74, 6) is 2.98. The number of rotatable bonds is 5. The van der Waals surface area contributed by atoms with Crippen LogP contribution in [0.2, 0.25) is 0 Å². The molecule has 1 aromatic rings. The average molecular weight is 341 g/mol. The normalized spacial score (nSPS) is 18.3. The molecule has 5 N–H and O–H groups in total. The van der Waals surface area contributed by atoms with E-state index in [-0.39, 0.29) is 25.3 Å². The zero-order chi connectivity index (χ0) is 17.9. The van der Waals surface area contributed by atoms with Gasteiger partial charge in [-0.05, 0) is 25.0 Å². The Morgan fingerprint density at radius 1 is 1.46 bits per heavy atom. The average Bonchev–Trinajstić information content (AvgIpc) is 2.53. The second-order valence-electron chi connectivity index (χ2n) is 6.03. The zero-order valence-corrected chi connectivity index (χ0v) is 14.1. The molecule has 1 aliphatic heterocycles. The third-order valence-electron chi connectivity index (χ3n) is 4.18. The van der Waals surface area contributed by atoms with Crippen molar-refractivity contribution in [3.63, 3.8) is 0 Å². The van der Waals surface area contributed by atoms with Crippen molar-refractivity contribution in [2.45, 2.75) is 32.1 Å². The summed E-state index contributed by atoms with van der Waals surface area (Å²) >= 11 is 0. The van der Waals surface area contributed by atoms with Gasteiger partial charge < -0.3 is 20.7 Å². The van der Waals surface area contributed by atoms with E-state index in [2.05, 4.69) is 4.98 Å². The lowest BCUT2D eigenvalue weighted by atomic mass is 10.1. The molecule has 0 saturated carbocycles. The maximum Gasteiger partial charge on any atom is 0.265 e. The molecule has 0 radical (unpaired) electrons. The molecule has 24 heavy (non-hydrogen) atoms. The molecule has 1 aliphatic rings. The van der Waals surface area contributed by atoms with E-state index in [9.17, 15) is 13.9 Å². The summed E-state index contributed by atoms with van der Waals surface area (Å²) in [5.41, 5.74) is 8.55. The van der Waals surface area contributed by atoms with Crippen LogP contribution in [-0.4, -0.2) is 47.8 Å². The number of aryl methyl sites for hydroxylation is 1. The number of hydrogen-bond donors (Lipinski definition) is 3. The predicted molar refractivity (Wildman–Crippen MR) is 90.2 cm³/mol. The Morgan fingerprint density at radius 3 is 2.71 bits per heavy atom. The molecule has 0 aliphatic carbocycles. The number of likely N-dealkylation sites (N-methyl/N-ethyl adjacent to an activating group) is 1. The topological polar surface area (TPSA) is 91.6 Å². The Bertz CT molecular complexity index is 618. The fourth-order valence-electron chi connectivity index (χ4n) is 2.90. The number of hydrogen-bond acceptors (Lipinski definition) is 6. The molecule has 1 fully saturated rings. The molecule has 8 heteroatoms. The highest BCUT2D eigenvalue weighted by molar-refractivity contribution is 5.65. The summed E-state index contributed by atoms with van der Waals surface area (Å²) in [5, 5.41) is 10.6. The smallest absolute Gasteiger partial charge is 0.265 e. The van der Waals surface area contributed by atoms with E-state index in [1.807, 2.05) is 6.92 Å². The first-order chi connectivity index (χ1) is 11.3. The van der Waals surface area contributed by atoms with Crippen LogP contribution in [-0.2, 0) is 6.42 Å². The Labute approximate surface area is 140 Å². The standard InChI is InChI=1S/C16H25F2N5O/c1-3-11-13(23-8-4-7-16(17,18)10-23)6-5-12(21-11)15(19)14(9-24)22(2)20/h5-6,24H,3-4,7-10,19-20H2,1-2H3/b15-14-. The van der Waals surface area contributed by atoms with Gasteiger partial charge in [-0.1, -0.05) is 6.92 Å². The molecule has 134 valence electrons. The van der Waals surface area contributed by atoms with E-state index >= 15 is 0 Å². The van der Waals surface area contributed by atoms with Gasteiger partial charge in [-0.25, -0.2) is 19.6 Å². The lowest BCUT2D eigenvalue weighted by Gasteiger charge is -2.35. The minimum absolute atomic E-state index is 0.0746. The van der Waals surface area contributed by atoms with Gasteiger partial charge in [0.2, 0.25) is 0 Å². The van der Waals surface area contributed by atoms with Crippen molar-refractivity contribution in [2.75, 3.05) is 31.6 Å². The molecule has 2 heterocycles. The van der Waals surface area contributed by atoms with E-state index < -0.39 is 5.92 Å². The van der Waals surface area contributed by atoms with Gasteiger partial charge in [0.05, 0.1) is 41.6 Å². The highest BCUT2D eigenvalue weighted by Gasteiger charge is 2.35. The summed E-state index contributed by atoms with van der Waals surface area (Å²) in [4.78, 5) is 6.18. The van der Waals surface area contributed by atoms with Crippen LogP contribution in [0, 0.1) is 0 Å². The zero-order valence-electron chi connectivity index (χ0n) is 14.1. The van der Waals surface area contributed by atoms with Gasteiger partial charge in [0, 0.05) is 20.0 Å². The third kappa shape index (κ3) is 3.93. The molecular formula is C16H25F2N5O. The van der Waals surface area contributed by atoms with E-state index in [0.29, 0.717) is 42.2 Å². The van der Waals surface area contributed by atoms with Gasteiger partial charge in [-0.15, -0.1) is 0 Å². The molecule has 2 rings (SSSR count). The van der Waals surface area contributed by atoms with Crippen LogP contribution in [0.5, 0.6) is 0 Å². The number of halogens is 2. The SMILES string of the molecule is CCc1nc(/C(N)=C(\CO)N(C)N)ccc1N1CCCC(F)(F)C1. The van der Waals surface area contributed by atoms with Crippen LogP contribution < -0.4 is 16.5 Å². The minimum atomic E-state index is -2.67. The van der Waals surface area contributed by atoms with Gasteiger partial charge in [-0.2, -0.15) is 0 Å². The fraction of sp³-hybridized carbons (Fsp3) is 0.562. The molecule has 1 aromatic heterocycles. The number of aliphatic hydroxyl groups excluding tert-OH is 1. The number of hydrazine groups is 1. The van der Waals surface area contributed by atoms with Crippen molar-refractivity contribution in [3.05, 3.63) is 29.2 Å². The third-order valence-corrected chi connectivity index (χ3v) is 4.18. The largest absolute Gasteiger partial charge is 0.395 e. The lowest BCUT2D eigenvalue weighted by Crippen LogP contribution is -2.43. The summed E-state index contributed by atoms with van der Waals surface area (Å²) in [6.45, 7) is 1.89. The first-order valence-corrected chi connectivity index (χ1v) is 8.00. The molecule has 0 amide bonds. The quantitative estimate of drug-likeness (QED) is 0.552. The monoisotopic (exact) mass is 341 g/mol. The number of pyridine rings is 1. The summed E-state index contributed by atoms with van der Waals surface area (Å²) in [7, 11) is 1.57. The Kier molecular flexibility index (Phi) is 5.61. The first kappa shape index (κ1) is 18.4. The van der Waals surface area contributed by atoms with Crippen LogP contribution in [0.1, 0.15) is 31.2 Å². The van der Waals surface area contributed by atoms with Crippen molar-refractivity contribution in [1.82, 2.24) is 9.99 Å². The maximum absolute atomic E-state index is 13.7. The van der Waals surface area contributed by atoms with Crippen molar-refractivity contribution < 1.29 is 13.9 Å². The Morgan fingerprint density at radius 2 is 2.17 bits per heavy atom. The number of anilines is 1. The van der Waals surface area contributed by atoms with E-state index in [1.54, 1.807) is 24.1 Å². The van der Waals surface area contributed by atoms with Crippen LogP contribution in [0.3, 0.4) is 0 Å². The molecule has 1 saturated heterocycles. The van der Waals surface area contributed by atoms with Gasteiger partial charge in [0.25, 0.3) is 5.92 Å². The second kappa shape index (κ2) is 7.31. The number of alkyl halides is 2. The van der Waals surface area contributed by atoms with Crippen molar-refractivity contribution >= 4 is 11.4 Å². The van der Waals surface area contributed by atoms with Crippen molar-refractivity contribution in [1.29, 1.82) is 0 Å². The summed E-state index contributed by atoms with van der Waals surface area (Å²) in [6, 6.07) is 3.44. The molecule has 0 unspecified atom stereocenters. The Hall–Kier alpha value is -1.93. The van der Waals surface area contributed by atoms with Gasteiger partial charge >= 0.3 is 0 Å². The predicted octanol–water partition coefficient (Wildman–Crippen LogP) is 1.30. The fourth-order valence-corrected chi connectivity index (χ4v) is 2.90. The minimum Gasteiger partial charge on any atom is -0.395 e. The van der Waals surface area contributed by atoms with Gasteiger partial charge in [-0.3, -0.25) is 0 Å². The summed E-state index contributed by atoms with van der Waals surface area (Å²) < 4.78 is 27.4. The summed E-state index contributed by atoms with van der Waals surface area (Å²) in [6.07, 6.45) is 0.965. The molecule has 0 spiro atoms. The van der Waals surface area contributed by atoms with Crippen molar-refractivity contribution in [2.24, 2.45) is 11.6 Å². The number of nitrogens with two attached hydrogens (primary N) is 2. The van der Waals surface area contributed by atoms with E-state index in [1.165, 1.54) is 5.01 Å². The van der Waals surface area contributed by atoms with Gasteiger partial charge in [0.15, 0.2) is 0 Å². The van der Waals surface area contributed by atoms with E-state index in [0.717, 1.165) is 0 Å². The van der Waals surface area contributed by atoms with Crippen LogP contribution in [0.15, 0.2) is 17.8 Å². The van der Waals surface area contributed by atoms with Crippen molar-refractivity contribution in [3.8, 4) is 0 Å². The molecule has 6 nitrogen and oxygen atoms in total. The number of piperidine rings is 1. The van der Waals surface area contributed by atoms with Crippen LogP contribution in [0.25, 0.3) is 5.70 Å². The Balaban J connectivity index is 2.38. The maximum atomic E-state index is 13.7. The van der Waals surface area contributed by atoms with E-state index in [4.69, 9.17) is 11.6 Å². The first-order valence-electron chi connectivity index (χ1n) is 8.00. The lowest BCUT2D eigenvalue weighted by molar-refractivity contribution is -0.0117.